The quantitative estimate of drug-likeness (QED) is 0.697. The van der Waals surface area contributed by atoms with Crippen molar-refractivity contribution in [2.75, 3.05) is 20.3 Å². The molecule has 1 N–H and O–H groups in total. The molecule has 29 heavy (non-hydrogen) atoms. The minimum Gasteiger partial charge on any atom is -0.480 e. The zero-order valence-corrected chi connectivity index (χ0v) is 15.9. The number of hydrogen-bond donors (Lipinski definition) is 1. The number of rotatable bonds is 4. The van der Waals surface area contributed by atoms with E-state index in [1.165, 1.54) is 29.4 Å². The Morgan fingerprint density at radius 2 is 1.69 bits per heavy atom. The van der Waals surface area contributed by atoms with Crippen LogP contribution < -0.4 is 10.1 Å². The minimum absolute atomic E-state index is 0.0359. The highest BCUT2D eigenvalue weighted by atomic mass is 16.5. The largest absolute Gasteiger partial charge is 0.480 e. The molecule has 0 saturated carbocycles. The maximum absolute atomic E-state index is 12.1. The van der Waals surface area contributed by atoms with Gasteiger partial charge in [0.1, 0.15) is 12.3 Å². The van der Waals surface area contributed by atoms with Crippen LogP contribution >= 0.6 is 0 Å². The Bertz CT molecular complexity index is 1040. The molecule has 6 heteroatoms. The molecule has 6 nitrogen and oxygen atoms in total. The van der Waals surface area contributed by atoms with Crippen LogP contribution in [-0.2, 0) is 4.74 Å². The van der Waals surface area contributed by atoms with Gasteiger partial charge in [-0.05, 0) is 34.2 Å². The monoisotopic (exact) mass is 385 g/mol. The Hall–Kier alpha value is -3.85. The number of alkyl carbamates (subject to hydrolysis) is 1. The van der Waals surface area contributed by atoms with Crippen LogP contribution in [0, 0.1) is 11.8 Å². The lowest BCUT2D eigenvalue weighted by atomic mass is 9.98. The van der Waals surface area contributed by atoms with Crippen LogP contribution in [0.3, 0.4) is 0 Å². The molecule has 0 saturated heterocycles. The van der Waals surface area contributed by atoms with Crippen molar-refractivity contribution in [3.63, 3.8) is 0 Å². The van der Waals surface area contributed by atoms with E-state index in [0.29, 0.717) is 11.6 Å². The summed E-state index contributed by atoms with van der Waals surface area (Å²) in [7, 11) is 1.52. The van der Waals surface area contributed by atoms with Gasteiger partial charge >= 0.3 is 6.09 Å². The van der Waals surface area contributed by atoms with E-state index in [9.17, 15) is 4.79 Å². The number of amides is 1. The van der Waals surface area contributed by atoms with Crippen LogP contribution in [0.25, 0.3) is 11.1 Å². The first-order valence-electron chi connectivity index (χ1n) is 9.21. The van der Waals surface area contributed by atoms with Crippen LogP contribution in [-0.4, -0.2) is 36.6 Å². The molecule has 1 amide bonds. The van der Waals surface area contributed by atoms with E-state index >= 15 is 0 Å². The first kappa shape index (κ1) is 18.5. The SMILES string of the molecule is COc1ccc(C#CCNC(=O)OCC2c3ccccc3-c3ccccc32)nn1. The summed E-state index contributed by atoms with van der Waals surface area (Å²) in [6, 6.07) is 19.8. The van der Waals surface area contributed by atoms with E-state index in [0.717, 1.165) is 0 Å². The summed E-state index contributed by atoms with van der Waals surface area (Å²) in [5.74, 6) is 6.11. The summed E-state index contributed by atoms with van der Waals surface area (Å²) in [5, 5.41) is 10.4. The second-order valence-electron chi connectivity index (χ2n) is 6.44. The zero-order chi connectivity index (χ0) is 20.1. The number of nitrogens with one attached hydrogen (secondary N) is 1. The van der Waals surface area contributed by atoms with Crippen molar-refractivity contribution in [3.05, 3.63) is 77.5 Å². The number of benzene rings is 2. The molecule has 1 heterocycles. The fourth-order valence-corrected chi connectivity index (χ4v) is 3.40. The Labute approximate surface area is 168 Å². The Morgan fingerprint density at radius 3 is 2.31 bits per heavy atom. The van der Waals surface area contributed by atoms with Crippen molar-refractivity contribution in [3.8, 4) is 28.8 Å². The molecule has 144 valence electrons. The van der Waals surface area contributed by atoms with Crippen LogP contribution in [0.15, 0.2) is 60.7 Å². The highest BCUT2D eigenvalue weighted by molar-refractivity contribution is 5.79. The fourth-order valence-electron chi connectivity index (χ4n) is 3.40. The Morgan fingerprint density at radius 1 is 1.00 bits per heavy atom. The van der Waals surface area contributed by atoms with Crippen molar-refractivity contribution in [2.24, 2.45) is 0 Å². The van der Waals surface area contributed by atoms with Gasteiger partial charge in [0.25, 0.3) is 0 Å². The molecule has 0 atom stereocenters. The van der Waals surface area contributed by atoms with Gasteiger partial charge in [0.05, 0.1) is 13.7 Å². The van der Waals surface area contributed by atoms with E-state index in [1.54, 1.807) is 12.1 Å². The predicted octanol–water partition coefficient (Wildman–Crippen LogP) is 3.38. The van der Waals surface area contributed by atoms with Crippen molar-refractivity contribution in [1.29, 1.82) is 0 Å². The third-order valence-corrected chi connectivity index (χ3v) is 4.73. The van der Waals surface area contributed by atoms with Gasteiger partial charge in [0, 0.05) is 12.0 Å². The standard InChI is InChI=1S/C23H19N3O3/c1-28-22-13-12-16(25-26-22)7-6-14-24-23(27)29-15-21-19-10-4-2-8-17(19)18-9-3-5-11-20(18)21/h2-5,8-13,21H,14-15H2,1H3,(H,24,27). The van der Waals surface area contributed by atoms with Crippen LogP contribution in [0.1, 0.15) is 22.7 Å². The van der Waals surface area contributed by atoms with Gasteiger partial charge in [-0.2, -0.15) is 0 Å². The zero-order valence-electron chi connectivity index (χ0n) is 15.9. The van der Waals surface area contributed by atoms with Crippen molar-refractivity contribution >= 4 is 6.09 Å². The summed E-state index contributed by atoms with van der Waals surface area (Å²) in [5.41, 5.74) is 5.26. The minimum atomic E-state index is -0.498. The molecular weight excluding hydrogens is 366 g/mol. The highest BCUT2D eigenvalue weighted by Crippen LogP contribution is 2.44. The lowest BCUT2D eigenvalue weighted by Gasteiger charge is -2.14. The summed E-state index contributed by atoms with van der Waals surface area (Å²) < 4.78 is 10.4. The summed E-state index contributed by atoms with van der Waals surface area (Å²) in [4.78, 5) is 12.1. The summed E-state index contributed by atoms with van der Waals surface area (Å²) in [6.07, 6.45) is -0.498. The van der Waals surface area contributed by atoms with Gasteiger partial charge in [-0.25, -0.2) is 4.79 Å². The van der Waals surface area contributed by atoms with Gasteiger partial charge in [-0.3, -0.25) is 0 Å². The highest BCUT2D eigenvalue weighted by Gasteiger charge is 2.28. The molecule has 4 rings (SSSR count). The van der Waals surface area contributed by atoms with Gasteiger partial charge < -0.3 is 14.8 Å². The molecule has 1 aliphatic carbocycles. The third kappa shape index (κ3) is 4.04. The molecule has 0 aliphatic heterocycles. The third-order valence-electron chi connectivity index (χ3n) is 4.73. The van der Waals surface area contributed by atoms with E-state index in [4.69, 9.17) is 9.47 Å². The second kappa shape index (κ2) is 8.44. The van der Waals surface area contributed by atoms with Gasteiger partial charge in [-0.1, -0.05) is 54.5 Å². The number of hydrogen-bond acceptors (Lipinski definition) is 5. The Balaban J connectivity index is 1.33. The van der Waals surface area contributed by atoms with Crippen LogP contribution in [0.2, 0.25) is 0 Å². The number of carbonyl (C=O) groups excluding carboxylic acids is 1. The molecule has 0 unspecified atom stereocenters. The second-order valence-corrected chi connectivity index (χ2v) is 6.44. The van der Waals surface area contributed by atoms with Crippen LogP contribution in [0.5, 0.6) is 5.88 Å². The molecule has 0 bridgehead atoms. The number of carbonyl (C=O) groups is 1. The molecule has 0 radical (unpaired) electrons. The lowest BCUT2D eigenvalue weighted by molar-refractivity contribution is 0.144. The molecule has 0 spiro atoms. The average Bonchev–Trinajstić information content (AvgIpc) is 3.09. The molecule has 1 aliphatic rings. The van der Waals surface area contributed by atoms with Gasteiger partial charge in [0.2, 0.25) is 5.88 Å². The molecule has 2 aromatic carbocycles. The normalized spacial score (nSPS) is 11.6. The maximum atomic E-state index is 12.1. The first-order valence-corrected chi connectivity index (χ1v) is 9.21. The van der Waals surface area contributed by atoms with E-state index in [2.05, 4.69) is 51.6 Å². The summed E-state index contributed by atoms with van der Waals surface area (Å²) in [6.45, 7) is 0.432. The maximum Gasteiger partial charge on any atom is 0.407 e. The topological polar surface area (TPSA) is 73.3 Å². The average molecular weight is 385 g/mol. The van der Waals surface area contributed by atoms with Crippen molar-refractivity contribution in [1.82, 2.24) is 15.5 Å². The number of aromatic nitrogens is 2. The van der Waals surface area contributed by atoms with E-state index in [1.807, 2.05) is 24.3 Å². The number of methoxy groups -OCH3 is 1. The molecular formula is C23H19N3O3. The smallest absolute Gasteiger partial charge is 0.407 e. The molecule has 3 aromatic rings. The van der Waals surface area contributed by atoms with Crippen molar-refractivity contribution < 1.29 is 14.3 Å². The van der Waals surface area contributed by atoms with Crippen molar-refractivity contribution in [2.45, 2.75) is 5.92 Å². The first-order chi connectivity index (χ1) is 14.3. The van der Waals surface area contributed by atoms with E-state index < -0.39 is 6.09 Å². The lowest BCUT2D eigenvalue weighted by Crippen LogP contribution is -2.26. The van der Waals surface area contributed by atoms with E-state index in [-0.39, 0.29) is 19.1 Å². The number of ether oxygens (including phenoxy) is 2. The molecule has 1 aromatic heterocycles. The number of nitrogens with zero attached hydrogens (tertiary/aromatic N) is 2. The number of fused-ring (bicyclic) bond motifs is 3. The predicted molar refractivity (Wildman–Crippen MR) is 109 cm³/mol. The molecule has 0 fully saturated rings. The summed E-state index contributed by atoms with van der Waals surface area (Å²) >= 11 is 0. The van der Waals surface area contributed by atoms with Gasteiger partial charge in [-0.15, -0.1) is 10.2 Å². The Kier molecular flexibility index (Phi) is 5.39. The fraction of sp³-hybridized carbons (Fsp3) is 0.174. The van der Waals surface area contributed by atoms with Crippen LogP contribution in [0.4, 0.5) is 4.79 Å². The van der Waals surface area contributed by atoms with Gasteiger partial charge in [0.15, 0.2) is 0 Å².